The minimum atomic E-state index is -0.340. The van der Waals surface area contributed by atoms with E-state index in [4.69, 9.17) is 0 Å². The number of esters is 2. The standard InChI is InChI=1S/C11H16O3.C7H10O3/c1-10(12)8-6-4-3-5-7-9-14-11(2)13;1-6(8)4-3-5-10-7(2)9/h5-8H,3-4,9H2,1-2H3;3-4H,5H2,1-2H3/b7-5+,8-6+;4-3+. The molecule has 0 saturated carbocycles. The Hall–Kier alpha value is -2.50. The predicted octanol–water partition coefficient (Wildman–Crippen LogP) is 2.73. The molecule has 0 N–H and O–H groups in total. The molecule has 24 heavy (non-hydrogen) atoms. The average Bonchev–Trinajstić information content (AvgIpc) is 2.46. The van der Waals surface area contributed by atoms with E-state index in [0.717, 1.165) is 12.8 Å². The van der Waals surface area contributed by atoms with E-state index in [2.05, 4.69) is 9.47 Å². The molecule has 6 nitrogen and oxygen atoms in total. The highest BCUT2D eigenvalue weighted by Crippen LogP contribution is 1.93. The summed E-state index contributed by atoms with van der Waals surface area (Å²) < 4.78 is 9.20. The monoisotopic (exact) mass is 338 g/mol. The third kappa shape index (κ3) is 27.8. The lowest BCUT2D eigenvalue weighted by molar-refractivity contribution is -0.140. The predicted molar refractivity (Wildman–Crippen MR) is 91.3 cm³/mol. The van der Waals surface area contributed by atoms with Gasteiger partial charge < -0.3 is 9.47 Å². The number of hydrogen-bond acceptors (Lipinski definition) is 6. The summed E-state index contributed by atoms with van der Waals surface area (Å²) in [6.07, 6.45) is 11.7. The Morgan fingerprint density at radius 3 is 1.50 bits per heavy atom. The van der Waals surface area contributed by atoms with Gasteiger partial charge in [0.25, 0.3) is 0 Å². The molecule has 0 atom stereocenters. The van der Waals surface area contributed by atoms with Crippen molar-refractivity contribution in [2.75, 3.05) is 13.2 Å². The van der Waals surface area contributed by atoms with E-state index in [-0.39, 0.29) is 30.1 Å². The number of carbonyl (C=O) groups excluding carboxylic acids is 4. The van der Waals surface area contributed by atoms with Gasteiger partial charge in [-0.15, -0.1) is 0 Å². The van der Waals surface area contributed by atoms with E-state index in [1.807, 2.05) is 12.2 Å². The second-order valence-corrected chi connectivity index (χ2v) is 4.68. The normalized spacial score (nSPS) is 10.5. The fraction of sp³-hybridized carbons (Fsp3) is 0.444. The summed E-state index contributed by atoms with van der Waals surface area (Å²) in [7, 11) is 0. The van der Waals surface area contributed by atoms with E-state index >= 15 is 0 Å². The third-order valence-corrected chi connectivity index (χ3v) is 2.14. The van der Waals surface area contributed by atoms with Gasteiger partial charge in [-0.25, -0.2) is 0 Å². The van der Waals surface area contributed by atoms with Crippen LogP contribution in [0.1, 0.15) is 40.5 Å². The lowest BCUT2D eigenvalue weighted by Gasteiger charge is -1.93. The van der Waals surface area contributed by atoms with Gasteiger partial charge in [-0.3, -0.25) is 19.2 Å². The highest BCUT2D eigenvalue weighted by atomic mass is 16.5. The lowest BCUT2D eigenvalue weighted by Crippen LogP contribution is -1.97. The minimum Gasteiger partial charge on any atom is -0.462 e. The molecule has 0 heterocycles. The van der Waals surface area contributed by atoms with Gasteiger partial charge in [-0.1, -0.05) is 18.2 Å². The number of hydrogen-bond donors (Lipinski definition) is 0. The molecule has 0 aromatic carbocycles. The molecule has 0 spiro atoms. The Morgan fingerprint density at radius 1 is 0.625 bits per heavy atom. The molecule has 0 bridgehead atoms. The summed E-state index contributed by atoms with van der Waals surface area (Å²) in [6.45, 7) is 6.16. The van der Waals surface area contributed by atoms with Gasteiger partial charge >= 0.3 is 11.9 Å². The van der Waals surface area contributed by atoms with E-state index < -0.39 is 0 Å². The van der Waals surface area contributed by atoms with Crippen LogP contribution in [0.15, 0.2) is 36.5 Å². The number of ketones is 2. The zero-order valence-electron chi connectivity index (χ0n) is 14.7. The van der Waals surface area contributed by atoms with Crippen LogP contribution in [0.3, 0.4) is 0 Å². The van der Waals surface area contributed by atoms with Gasteiger partial charge in [-0.2, -0.15) is 0 Å². The fourth-order valence-electron chi connectivity index (χ4n) is 1.17. The van der Waals surface area contributed by atoms with Crippen LogP contribution >= 0.6 is 0 Å². The zero-order chi connectivity index (χ0) is 18.8. The molecule has 0 aliphatic rings. The first-order chi connectivity index (χ1) is 11.3. The average molecular weight is 338 g/mol. The van der Waals surface area contributed by atoms with Crippen LogP contribution in [-0.4, -0.2) is 36.7 Å². The molecule has 0 aromatic rings. The molecular formula is C18H26O6. The largest absolute Gasteiger partial charge is 0.462 e. The number of ether oxygens (including phenoxy) is 2. The van der Waals surface area contributed by atoms with Crippen LogP contribution in [0.4, 0.5) is 0 Å². The Kier molecular flexibility index (Phi) is 16.7. The quantitative estimate of drug-likeness (QED) is 0.278. The molecule has 0 rings (SSSR count). The van der Waals surface area contributed by atoms with Crippen molar-refractivity contribution in [3.05, 3.63) is 36.5 Å². The van der Waals surface area contributed by atoms with Gasteiger partial charge in [0, 0.05) is 13.8 Å². The van der Waals surface area contributed by atoms with Crippen LogP contribution in [0.2, 0.25) is 0 Å². The van der Waals surface area contributed by atoms with Crippen molar-refractivity contribution in [2.24, 2.45) is 0 Å². The molecule has 0 fully saturated rings. The van der Waals surface area contributed by atoms with Crippen molar-refractivity contribution < 1.29 is 28.7 Å². The molecule has 0 aliphatic carbocycles. The highest BCUT2D eigenvalue weighted by Gasteiger charge is 1.87. The van der Waals surface area contributed by atoms with Crippen molar-refractivity contribution in [3.63, 3.8) is 0 Å². The number of unbranched alkanes of at least 4 members (excludes halogenated alkanes) is 1. The van der Waals surface area contributed by atoms with E-state index in [0.29, 0.717) is 6.61 Å². The molecular weight excluding hydrogens is 312 g/mol. The Labute approximate surface area is 143 Å². The molecule has 0 aliphatic heterocycles. The highest BCUT2D eigenvalue weighted by molar-refractivity contribution is 5.87. The Bertz CT molecular complexity index is 486. The van der Waals surface area contributed by atoms with Crippen molar-refractivity contribution >= 4 is 23.5 Å². The summed E-state index contributed by atoms with van der Waals surface area (Å²) in [5.74, 6) is -0.597. The van der Waals surface area contributed by atoms with Gasteiger partial charge in [0.05, 0.1) is 0 Å². The summed E-state index contributed by atoms with van der Waals surface area (Å²) in [5, 5.41) is 0. The topological polar surface area (TPSA) is 86.7 Å². The van der Waals surface area contributed by atoms with Crippen LogP contribution in [-0.2, 0) is 28.7 Å². The molecule has 0 unspecified atom stereocenters. The maximum Gasteiger partial charge on any atom is 0.302 e. The van der Waals surface area contributed by atoms with Crippen LogP contribution in [0.5, 0.6) is 0 Å². The second-order valence-electron chi connectivity index (χ2n) is 4.68. The van der Waals surface area contributed by atoms with Gasteiger partial charge in [0.15, 0.2) is 11.6 Å². The van der Waals surface area contributed by atoms with Crippen molar-refractivity contribution in [2.45, 2.75) is 40.5 Å². The van der Waals surface area contributed by atoms with Crippen molar-refractivity contribution in [3.8, 4) is 0 Å². The SMILES string of the molecule is CC(=O)/C=C/CC/C=C/COC(C)=O.CC(=O)/C=C/COC(C)=O. The van der Waals surface area contributed by atoms with E-state index in [1.165, 1.54) is 39.8 Å². The molecule has 0 aromatic heterocycles. The molecule has 0 radical (unpaired) electrons. The minimum absolute atomic E-state index is 0.0489. The van der Waals surface area contributed by atoms with Gasteiger partial charge in [-0.05, 0) is 44.9 Å². The first-order valence-electron chi connectivity index (χ1n) is 7.51. The zero-order valence-corrected chi connectivity index (χ0v) is 14.7. The molecule has 0 saturated heterocycles. The molecule has 0 amide bonds. The van der Waals surface area contributed by atoms with Crippen molar-refractivity contribution in [1.29, 1.82) is 0 Å². The van der Waals surface area contributed by atoms with Crippen molar-refractivity contribution in [1.82, 2.24) is 0 Å². The summed E-state index contributed by atoms with van der Waals surface area (Å²) in [5.41, 5.74) is 0. The van der Waals surface area contributed by atoms with Crippen LogP contribution < -0.4 is 0 Å². The Morgan fingerprint density at radius 2 is 1.04 bits per heavy atom. The second kappa shape index (κ2) is 16.9. The first-order valence-corrected chi connectivity index (χ1v) is 7.51. The van der Waals surface area contributed by atoms with E-state index in [9.17, 15) is 19.2 Å². The molecule has 134 valence electrons. The van der Waals surface area contributed by atoms with E-state index in [1.54, 1.807) is 12.2 Å². The smallest absolute Gasteiger partial charge is 0.302 e. The number of rotatable bonds is 9. The number of carbonyl (C=O) groups is 4. The maximum absolute atomic E-state index is 10.5. The van der Waals surface area contributed by atoms with Crippen LogP contribution in [0, 0.1) is 0 Å². The maximum atomic E-state index is 10.5. The summed E-state index contributed by atoms with van der Waals surface area (Å²) in [4.78, 5) is 41.2. The van der Waals surface area contributed by atoms with Crippen LogP contribution in [0.25, 0.3) is 0 Å². The summed E-state index contributed by atoms with van der Waals surface area (Å²) >= 11 is 0. The Balaban J connectivity index is 0. The van der Waals surface area contributed by atoms with Gasteiger partial charge in [0.2, 0.25) is 0 Å². The lowest BCUT2D eigenvalue weighted by atomic mass is 10.2. The third-order valence-electron chi connectivity index (χ3n) is 2.14. The molecule has 6 heteroatoms. The summed E-state index contributed by atoms with van der Waals surface area (Å²) in [6, 6.07) is 0. The first kappa shape index (κ1) is 23.8. The fourth-order valence-corrected chi connectivity index (χ4v) is 1.17. The number of allylic oxidation sites excluding steroid dienone is 4. The van der Waals surface area contributed by atoms with Gasteiger partial charge in [0.1, 0.15) is 13.2 Å².